The van der Waals surface area contributed by atoms with Gasteiger partial charge < -0.3 is 9.84 Å². The maximum Gasteiger partial charge on any atom is 0.135 e. The molecule has 0 aliphatic carbocycles. The van der Waals surface area contributed by atoms with Crippen molar-refractivity contribution in [1.82, 2.24) is 0 Å². The highest BCUT2D eigenvalue weighted by molar-refractivity contribution is 5.48. The van der Waals surface area contributed by atoms with Crippen LogP contribution >= 0.6 is 0 Å². The average Bonchev–Trinajstić information content (AvgIpc) is 2.45. The van der Waals surface area contributed by atoms with E-state index in [0.717, 1.165) is 5.56 Å². The van der Waals surface area contributed by atoms with Crippen molar-refractivity contribution in [3.63, 3.8) is 0 Å². The Bertz CT molecular complexity index is 654. The normalized spacial score (nSPS) is 9.75. The van der Waals surface area contributed by atoms with Crippen molar-refractivity contribution in [2.75, 3.05) is 6.61 Å². The molecule has 3 heteroatoms. The molecule has 0 bridgehead atoms. The van der Waals surface area contributed by atoms with Crippen LogP contribution in [0.3, 0.4) is 0 Å². The topological polar surface area (TPSA) is 29.5 Å². The van der Waals surface area contributed by atoms with Crippen molar-refractivity contribution in [1.29, 1.82) is 0 Å². The van der Waals surface area contributed by atoms with Gasteiger partial charge in [0.05, 0.1) is 5.56 Å². The van der Waals surface area contributed by atoms with E-state index in [-0.39, 0.29) is 19.0 Å². The van der Waals surface area contributed by atoms with E-state index in [9.17, 15) is 4.39 Å². The molecular formula is C17H15FO2. The van der Waals surface area contributed by atoms with Crippen molar-refractivity contribution < 1.29 is 14.2 Å². The van der Waals surface area contributed by atoms with Crippen LogP contribution in [-0.2, 0) is 6.61 Å². The second kappa shape index (κ2) is 6.74. The van der Waals surface area contributed by atoms with Crippen LogP contribution in [0.15, 0.2) is 42.5 Å². The minimum absolute atomic E-state index is 0.142. The molecule has 0 heterocycles. The fourth-order valence-corrected chi connectivity index (χ4v) is 1.77. The monoisotopic (exact) mass is 270 g/mol. The molecule has 0 amide bonds. The van der Waals surface area contributed by atoms with Crippen LogP contribution in [0.1, 0.15) is 16.7 Å². The number of aliphatic hydroxyl groups excluding tert-OH is 1. The molecule has 0 radical (unpaired) electrons. The zero-order chi connectivity index (χ0) is 14.4. The van der Waals surface area contributed by atoms with Gasteiger partial charge in [-0.25, -0.2) is 4.39 Å². The molecule has 2 aromatic carbocycles. The van der Waals surface area contributed by atoms with Gasteiger partial charge in [-0.05, 0) is 30.7 Å². The van der Waals surface area contributed by atoms with E-state index >= 15 is 0 Å². The summed E-state index contributed by atoms with van der Waals surface area (Å²) in [7, 11) is 0. The summed E-state index contributed by atoms with van der Waals surface area (Å²) in [5.41, 5.74) is 2.23. The zero-order valence-corrected chi connectivity index (χ0v) is 11.2. The number of ether oxygens (including phenoxy) is 1. The molecule has 102 valence electrons. The highest BCUT2D eigenvalue weighted by Crippen LogP contribution is 2.21. The van der Waals surface area contributed by atoms with Gasteiger partial charge in [0.15, 0.2) is 0 Å². The van der Waals surface area contributed by atoms with Crippen molar-refractivity contribution >= 4 is 0 Å². The highest BCUT2D eigenvalue weighted by atomic mass is 19.1. The lowest BCUT2D eigenvalue weighted by atomic mass is 10.1. The lowest BCUT2D eigenvalue weighted by Crippen LogP contribution is -2.00. The third-order valence-corrected chi connectivity index (χ3v) is 2.78. The van der Waals surface area contributed by atoms with E-state index < -0.39 is 0 Å². The number of hydrogen-bond acceptors (Lipinski definition) is 2. The van der Waals surface area contributed by atoms with Gasteiger partial charge in [-0.15, -0.1) is 0 Å². The number of rotatable bonds is 3. The minimum atomic E-state index is -0.289. The van der Waals surface area contributed by atoms with Crippen LogP contribution in [0.2, 0.25) is 0 Å². The molecule has 2 rings (SSSR count). The SMILES string of the molecule is Cc1ccc(OCc2ccccc2F)c(C#CCO)c1. The summed E-state index contributed by atoms with van der Waals surface area (Å²) in [5, 5.41) is 8.77. The van der Waals surface area contributed by atoms with Crippen molar-refractivity contribution in [2.24, 2.45) is 0 Å². The first kappa shape index (κ1) is 14.1. The van der Waals surface area contributed by atoms with Gasteiger partial charge in [0.2, 0.25) is 0 Å². The Kier molecular flexibility index (Phi) is 4.75. The van der Waals surface area contributed by atoms with Crippen molar-refractivity contribution in [2.45, 2.75) is 13.5 Å². The van der Waals surface area contributed by atoms with Gasteiger partial charge in [-0.3, -0.25) is 0 Å². The van der Waals surface area contributed by atoms with E-state index in [2.05, 4.69) is 11.8 Å². The molecule has 0 saturated heterocycles. The van der Waals surface area contributed by atoms with E-state index in [1.165, 1.54) is 6.07 Å². The lowest BCUT2D eigenvalue weighted by molar-refractivity contribution is 0.299. The van der Waals surface area contributed by atoms with E-state index in [0.29, 0.717) is 16.9 Å². The Morgan fingerprint density at radius 1 is 1.20 bits per heavy atom. The zero-order valence-electron chi connectivity index (χ0n) is 11.2. The first-order valence-corrected chi connectivity index (χ1v) is 6.27. The molecule has 2 aromatic rings. The molecule has 2 nitrogen and oxygen atoms in total. The second-order valence-corrected chi connectivity index (χ2v) is 4.34. The van der Waals surface area contributed by atoms with Gasteiger partial charge in [0.1, 0.15) is 24.8 Å². The van der Waals surface area contributed by atoms with Crippen molar-refractivity contribution in [3.05, 3.63) is 65.0 Å². The highest BCUT2D eigenvalue weighted by Gasteiger charge is 2.05. The van der Waals surface area contributed by atoms with Crippen LogP contribution in [0, 0.1) is 24.6 Å². The average molecular weight is 270 g/mol. The van der Waals surface area contributed by atoms with Crippen LogP contribution in [-0.4, -0.2) is 11.7 Å². The molecule has 20 heavy (non-hydrogen) atoms. The Hall–Kier alpha value is -2.31. The van der Waals surface area contributed by atoms with Crippen LogP contribution in [0.25, 0.3) is 0 Å². The van der Waals surface area contributed by atoms with Gasteiger partial charge >= 0.3 is 0 Å². The number of aryl methyl sites for hydroxylation is 1. The fourth-order valence-electron chi connectivity index (χ4n) is 1.77. The first-order chi connectivity index (χ1) is 9.70. The standard InChI is InChI=1S/C17H15FO2/c1-13-8-9-17(14(11-13)6-4-10-19)20-12-15-5-2-3-7-16(15)18/h2-3,5,7-9,11,19H,10,12H2,1H3. The summed E-state index contributed by atoms with van der Waals surface area (Å²) in [6, 6.07) is 12.1. The molecule has 1 N–H and O–H groups in total. The molecular weight excluding hydrogens is 255 g/mol. The fraction of sp³-hybridized carbons (Fsp3) is 0.176. The Labute approximate surface area is 117 Å². The molecule has 0 aliphatic rings. The molecule has 0 atom stereocenters. The maximum absolute atomic E-state index is 13.5. The summed E-state index contributed by atoms with van der Waals surface area (Å²) in [4.78, 5) is 0. The molecule has 0 aliphatic heterocycles. The Morgan fingerprint density at radius 3 is 2.75 bits per heavy atom. The van der Waals surface area contributed by atoms with Crippen LogP contribution in [0.5, 0.6) is 5.75 Å². The Morgan fingerprint density at radius 2 is 2.00 bits per heavy atom. The van der Waals surface area contributed by atoms with E-state index in [4.69, 9.17) is 9.84 Å². The number of hydrogen-bond donors (Lipinski definition) is 1. The minimum Gasteiger partial charge on any atom is -0.487 e. The lowest BCUT2D eigenvalue weighted by Gasteiger charge is -2.09. The second-order valence-electron chi connectivity index (χ2n) is 4.34. The van der Waals surface area contributed by atoms with Gasteiger partial charge in [0, 0.05) is 5.56 Å². The third kappa shape index (κ3) is 3.59. The number of benzene rings is 2. The summed E-state index contributed by atoms with van der Waals surface area (Å²) in [6.07, 6.45) is 0. The molecule has 0 fully saturated rings. The Balaban J connectivity index is 2.19. The van der Waals surface area contributed by atoms with E-state index in [1.54, 1.807) is 24.3 Å². The van der Waals surface area contributed by atoms with Crippen LogP contribution < -0.4 is 4.74 Å². The van der Waals surface area contributed by atoms with Gasteiger partial charge in [-0.2, -0.15) is 0 Å². The predicted octanol–water partition coefficient (Wildman–Crippen LogP) is 3.06. The first-order valence-electron chi connectivity index (χ1n) is 6.27. The predicted molar refractivity (Wildman–Crippen MR) is 75.9 cm³/mol. The summed E-state index contributed by atoms with van der Waals surface area (Å²) in [6.45, 7) is 1.88. The summed E-state index contributed by atoms with van der Waals surface area (Å²) in [5.74, 6) is 5.72. The summed E-state index contributed by atoms with van der Waals surface area (Å²) >= 11 is 0. The number of aliphatic hydroxyl groups is 1. The molecule has 0 saturated carbocycles. The van der Waals surface area contributed by atoms with Gasteiger partial charge in [-0.1, -0.05) is 36.1 Å². The smallest absolute Gasteiger partial charge is 0.135 e. The number of halogens is 1. The van der Waals surface area contributed by atoms with E-state index in [1.807, 2.05) is 19.1 Å². The molecule has 0 unspecified atom stereocenters. The van der Waals surface area contributed by atoms with Crippen LogP contribution in [0.4, 0.5) is 4.39 Å². The van der Waals surface area contributed by atoms with Gasteiger partial charge in [0.25, 0.3) is 0 Å². The largest absolute Gasteiger partial charge is 0.487 e. The molecule has 0 spiro atoms. The quantitative estimate of drug-likeness (QED) is 0.869. The third-order valence-electron chi connectivity index (χ3n) is 2.78. The van der Waals surface area contributed by atoms with Crippen molar-refractivity contribution in [3.8, 4) is 17.6 Å². The summed E-state index contributed by atoms with van der Waals surface area (Å²) < 4.78 is 19.2. The maximum atomic E-state index is 13.5. The molecule has 0 aromatic heterocycles.